The molecular weight excluding hydrogens is 974 g/mol. The van der Waals surface area contributed by atoms with Gasteiger partial charge >= 0.3 is 11.9 Å². The number of anilines is 1. The van der Waals surface area contributed by atoms with Crippen molar-refractivity contribution in [2.45, 2.75) is 50.0 Å². The van der Waals surface area contributed by atoms with Gasteiger partial charge in [0.15, 0.2) is 0 Å². The van der Waals surface area contributed by atoms with E-state index >= 15 is 0 Å². The molecule has 2 fully saturated rings. The molecule has 0 radical (unpaired) electrons. The highest BCUT2D eigenvalue weighted by Gasteiger charge is 2.38. The molecule has 2 aromatic heterocycles. The third-order valence-electron chi connectivity index (χ3n) is 11.3. The summed E-state index contributed by atoms with van der Waals surface area (Å²) in [6.07, 6.45) is 3.85. The first-order valence-corrected chi connectivity index (χ1v) is 22.4. The Morgan fingerprint density at radius 1 is 0.597 bits per heavy atom. The summed E-state index contributed by atoms with van der Waals surface area (Å²) >= 11 is 31.8. The molecule has 356 valence electrons. The van der Waals surface area contributed by atoms with Crippen LogP contribution in [0.1, 0.15) is 25.7 Å². The minimum Gasteiger partial charge on any atom is -0.495 e. The maximum atomic E-state index is 11.8. The Labute approximate surface area is 410 Å². The van der Waals surface area contributed by atoms with Crippen LogP contribution in [-0.2, 0) is 19.1 Å². The zero-order chi connectivity index (χ0) is 48.7. The van der Waals surface area contributed by atoms with E-state index in [1.54, 1.807) is 24.5 Å². The fourth-order valence-electron chi connectivity index (χ4n) is 7.81. The Morgan fingerprint density at radius 3 is 1.46 bits per heavy atom. The highest BCUT2D eigenvalue weighted by molar-refractivity contribution is 6.42. The van der Waals surface area contributed by atoms with Gasteiger partial charge in [0.25, 0.3) is 0 Å². The van der Waals surface area contributed by atoms with Crippen LogP contribution in [0.15, 0.2) is 60.9 Å². The number of aliphatic hydroxyl groups is 2. The molecule has 0 amide bonds. The molecule has 5 N–H and O–H groups in total. The van der Waals surface area contributed by atoms with Gasteiger partial charge in [-0.25, -0.2) is 19.9 Å². The number of fused-ring (bicyclic) bond motifs is 2. The standard InChI is InChI=1S/C23H23Cl2N3O5.C16H11Cl3N2O2.C7H13NO3/c1-31-17-9-18(32-2)21(25)19(20(17)24)11-4-5-14-13(6-11)10-26-23(27-14)28-15-7-12(8-16(15)29)22(30)33-3;1-22-11-6-12(23-2)15(18)13(14(11)17)8-3-4-10-9(5-8)7-20-16(19)21-10;1-11-7(10)4-2-5(8)6(9)3-4/h4-6,9-10,12,15-16,29H,7-8H2,1-3H3,(H,26,27,28);3-7H,1-2H3;4-6,9H,2-3,8H2,1H3/t12?,15?,16-;;4?,5-,6-/m1.1/s1. The van der Waals surface area contributed by atoms with Crippen LogP contribution in [0.25, 0.3) is 44.1 Å². The fourth-order valence-corrected chi connectivity index (χ4v) is 9.38. The summed E-state index contributed by atoms with van der Waals surface area (Å²) in [7, 11) is 8.81. The quantitative estimate of drug-likeness (QED) is 0.0744. The zero-order valence-corrected chi connectivity index (χ0v) is 40.8. The van der Waals surface area contributed by atoms with Crippen molar-refractivity contribution >= 4 is 97.7 Å². The van der Waals surface area contributed by atoms with Crippen LogP contribution < -0.4 is 30.0 Å². The largest absolute Gasteiger partial charge is 0.495 e. The first kappa shape index (κ1) is 51.2. The van der Waals surface area contributed by atoms with E-state index < -0.39 is 12.2 Å². The number of esters is 2. The first-order chi connectivity index (χ1) is 32.0. The Kier molecular flexibility index (Phi) is 17.4. The average Bonchev–Trinajstić information content (AvgIpc) is 3.87. The molecular formula is C46H47Cl5N6O10. The van der Waals surface area contributed by atoms with Crippen LogP contribution in [-0.4, -0.2) is 109 Å². The number of halogens is 5. The van der Waals surface area contributed by atoms with Crippen molar-refractivity contribution < 1.29 is 48.2 Å². The van der Waals surface area contributed by atoms with Crippen LogP contribution in [0.2, 0.25) is 25.4 Å². The molecule has 0 spiro atoms. The Morgan fingerprint density at radius 2 is 1.03 bits per heavy atom. The molecule has 6 atom stereocenters. The molecule has 8 rings (SSSR count). The van der Waals surface area contributed by atoms with E-state index in [2.05, 4.69) is 30.0 Å². The molecule has 0 bridgehead atoms. The summed E-state index contributed by atoms with van der Waals surface area (Å²) in [6.45, 7) is 0. The van der Waals surface area contributed by atoms with Gasteiger partial charge < -0.3 is 49.7 Å². The second kappa shape index (κ2) is 22.8. The fraction of sp³-hybridized carbons (Fsp3) is 0.348. The van der Waals surface area contributed by atoms with Gasteiger partial charge in [0.2, 0.25) is 11.2 Å². The molecule has 2 heterocycles. The maximum absolute atomic E-state index is 11.8. The number of aliphatic hydroxyl groups excluding tert-OH is 2. The highest BCUT2D eigenvalue weighted by Crippen LogP contribution is 2.48. The summed E-state index contributed by atoms with van der Waals surface area (Å²) in [5.41, 5.74) is 9.69. The lowest BCUT2D eigenvalue weighted by atomic mass is 10.0. The number of methoxy groups -OCH3 is 6. The zero-order valence-electron chi connectivity index (χ0n) is 37.0. The highest BCUT2D eigenvalue weighted by atomic mass is 35.5. The number of rotatable bonds is 10. The second-order valence-electron chi connectivity index (χ2n) is 15.4. The predicted octanol–water partition coefficient (Wildman–Crippen LogP) is 8.88. The van der Waals surface area contributed by atoms with Gasteiger partial charge in [0.1, 0.15) is 23.0 Å². The van der Waals surface area contributed by atoms with E-state index in [0.29, 0.717) is 91.4 Å². The molecule has 0 aliphatic heterocycles. The average molecular weight is 1020 g/mol. The van der Waals surface area contributed by atoms with E-state index in [1.165, 1.54) is 42.7 Å². The van der Waals surface area contributed by atoms with E-state index in [9.17, 15) is 19.8 Å². The van der Waals surface area contributed by atoms with Crippen LogP contribution in [0.4, 0.5) is 5.95 Å². The van der Waals surface area contributed by atoms with Gasteiger partial charge in [0.05, 0.1) is 104 Å². The van der Waals surface area contributed by atoms with Crippen LogP contribution in [0.3, 0.4) is 0 Å². The number of ether oxygens (including phenoxy) is 6. The van der Waals surface area contributed by atoms with Crippen LogP contribution >= 0.6 is 58.0 Å². The van der Waals surface area contributed by atoms with Crippen LogP contribution in [0, 0.1) is 11.8 Å². The molecule has 4 aromatic carbocycles. The lowest BCUT2D eigenvalue weighted by Gasteiger charge is -2.17. The number of carbonyl (C=O) groups is 2. The number of aromatic nitrogens is 4. The van der Waals surface area contributed by atoms with E-state index in [0.717, 1.165) is 27.4 Å². The maximum Gasteiger partial charge on any atom is 0.308 e. The molecule has 21 heteroatoms. The van der Waals surface area contributed by atoms with Gasteiger partial charge in [-0.15, -0.1) is 0 Å². The third-order valence-corrected chi connectivity index (χ3v) is 13.0. The van der Waals surface area contributed by atoms with Gasteiger partial charge in [-0.05, 0) is 72.7 Å². The monoisotopic (exact) mass is 1020 g/mol. The summed E-state index contributed by atoms with van der Waals surface area (Å²) < 4.78 is 30.6. The molecule has 6 aromatic rings. The Bertz CT molecular complexity index is 2710. The van der Waals surface area contributed by atoms with Crippen molar-refractivity contribution in [2.24, 2.45) is 17.6 Å². The minimum atomic E-state index is -0.692. The Balaban J connectivity index is 0.000000188. The topological polar surface area (TPSA) is 220 Å². The molecule has 67 heavy (non-hydrogen) atoms. The number of nitrogens with one attached hydrogen (secondary N) is 1. The molecule has 2 saturated carbocycles. The number of hydrogen-bond acceptors (Lipinski definition) is 16. The van der Waals surface area contributed by atoms with Gasteiger partial charge in [-0.3, -0.25) is 9.59 Å². The molecule has 2 aliphatic carbocycles. The molecule has 3 unspecified atom stereocenters. The molecule has 16 nitrogen and oxygen atoms in total. The van der Waals surface area contributed by atoms with Crippen molar-refractivity contribution in [1.82, 2.24) is 19.9 Å². The number of nitrogens with zero attached hydrogens (tertiary/aromatic N) is 4. The minimum absolute atomic E-state index is 0.198. The number of hydrogen-bond donors (Lipinski definition) is 4. The first-order valence-electron chi connectivity index (χ1n) is 20.5. The van der Waals surface area contributed by atoms with E-state index in [4.69, 9.17) is 87.4 Å². The molecule has 0 saturated heterocycles. The van der Waals surface area contributed by atoms with Gasteiger partial charge in [-0.1, -0.05) is 58.5 Å². The summed E-state index contributed by atoms with van der Waals surface area (Å²) in [5.74, 6) is 1.08. The lowest BCUT2D eigenvalue weighted by molar-refractivity contribution is -0.146. The van der Waals surface area contributed by atoms with Crippen molar-refractivity contribution in [3.63, 3.8) is 0 Å². The second-order valence-corrected chi connectivity index (χ2v) is 17.2. The summed E-state index contributed by atoms with van der Waals surface area (Å²) in [6, 6.07) is 13.8. The van der Waals surface area contributed by atoms with Crippen molar-refractivity contribution in [2.75, 3.05) is 48.0 Å². The predicted molar refractivity (Wildman–Crippen MR) is 258 cm³/mol. The lowest BCUT2D eigenvalue weighted by Crippen LogP contribution is -2.28. The van der Waals surface area contributed by atoms with Gasteiger partial charge in [0, 0.05) is 52.5 Å². The Hall–Kier alpha value is -5.17. The number of nitrogens with two attached hydrogens (primary N) is 1. The van der Waals surface area contributed by atoms with Crippen molar-refractivity contribution in [3.8, 4) is 45.3 Å². The van der Waals surface area contributed by atoms with E-state index in [-0.39, 0.29) is 41.1 Å². The third kappa shape index (κ3) is 11.6. The normalized spacial score (nSPS) is 19.7. The van der Waals surface area contributed by atoms with Crippen LogP contribution in [0.5, 0.6) is 23.0 Å². The SMILES string of the molecule is COC(=O)C1CC(Nc2ncc3cc(-c4c(Cl)c(OC)cc(OC)c4Cl)ccc3n2)[C@H](O)C1.COC(=O)C1C[C@@H](N)[C@H](O)C1.COc1cc(OC)c(Cl)c(-c2ccc3nc(Cl)ncc3c2)c1Cl. The summed E-state index contributed by atoms with van der Waals surface area (Å²) in [5, 5.41) is 26.0. The van der Waals surface area contributed by atoms with Crippen molar-refractivity contribution in [1.29, 1.82) is 0 Å². The van der Waals surface area contributed by atoms with E-state index in [1.807, 2.05) is 36.4 Å². The number of benzene rings is 4. The number of carbonyl (C=O) groups excluding carboxylic acids is 2. The van der Waals surface area contributed by atoms with Crippen molar-refractivity contribution in [3.05, 3.63) is 86.3 Å². The smallest absolute Gasteiger partial charge is 0.308 e. The summed E-state index contributed by atoms with van der Waals surface area (Å²) in [4.78, 5) is 39.8. The molecule has 2 aliphatic rings. The van der Waals surface area contributed by atoms with Gasteiger partial charge in [-0.2, -0.15) is 0 Å².